The molecule has 0 atom stereocenters. The first kappa shape index (κ1) is 14.6. The summed E-state index contributed by atoms with van der Waals surface area (Å²) in [5.41, 5.74) is 2.42. The highest BCUT2D eigenvalue weighted by atomic mass is 79.9. The molecule has 0 spiro atoms. The molecule has 1 aliphatic carbocycles. The maximum Gasteiger partial charge on any atom is 0.220 e. The van der Waals surface area contributed by atoms with E-state index >= 15 is 0 Å². The Morgan fingerprint density at radius 2 is 1.95 bits per heavy atom. The van der Waals surface area contributed by atoms with Crippen LogP contribution in [0.15, 0.2) is 24.3 Å². The van der Waals surface area contributed by atoms with Crippen LogP contribution in [0.4, 0.5) is 0 Å². The van der Waals surface area contributed by atoms with Gasteiger partial charge in [0.15, 0.2) is 0 Å². The Bertz CT molecular complexity index is 413. The largest absolute Gasteiger partial charge is 0.352 e. The van der Waals surface area contributed by atoms with Crippen LogP contribution in [-0.4, -0.2) is 5.91 Å². The van der Waals surface area contributed by atoms with Crippen LogP contribution in [0.1, 0.15) is 49.7 Å². The minimum absolute atomic E-state index is 0.205. The summed E-state index contributed by atoms with van der Waals surface area (Å²) in [5, 5.41) is 3.90. The van der Waals surface area contributed by atoms with Gasteiger partial charge >= 0.3 is 0 Å². The average Bonchev–Trinajstić information content (AvgIpc) is 2.46. The zero-order chi connectivity index (χ0) is 13.5. The molecule has 2 rings (SSSR count). The lowest BCUT2D eigenvalue weighted by molar-refractivity contribution is -0.122. The first-order valence-electron chi connectivity index (χ1n) is 7.18. The number of hydrogen-bond acceptors (Lipinski definition) is 1. The summed E-state index contributed by atoms with van der Waals surface area (Å²) < 4.78 is 0. The number of halogens is 1. The molecular weight excluding hydrogens is 302 g/mol. The third kappa shape index (κ3) is 4.98. The Kier molecular flexibility index (Phi) is 5.90. The lowest BCUT2D eigenvalue weighted by Gasteiger charge is -2.20. The van der Waals surface area contributed by atoms with Gasteiger partial charge in [0.05, 0.1) is 0 Å². The van der Waals surface area contributed by atoms with Crippen molar-refractivity contribution in [3.63, 3.8) is 0 Å². The molecule has 0 aliphatic heterocycles. The third-order valence-electron chi connectivity index (χ3n) is 3.83. The Morgan fingerprint density at radius 1 is 1.21 bits per heavy atom. The molecule has 0 unspecified atom stereocenters. The second kappa shape index (κ2) is 7.68. The van der Waals surface area contributed by atoms with E-state index in [-0.39, 0.29) is 5.91 Å². The van der Waals surface area contributed by atoms with Crippen molar-refractivity contribution in [3.05, 3.63) is 35.4 Å². The second-order valence-electron chi connectivity index (χ2n) is 5.44. The normalized spacial score (nSPS) is 16.3. The molecule has 19 heavy (non-hydrogen) atoms. The maximum atomic E-state index is 11.9. The molecule has 104 valence electrons. The fraction of sp³-hybridized carbons (Fsp3) is 0.562. The summed E-state index contributed by atoms with van der Waals surface area (Å²) >= 11 is 3.45. The van der Waals surface area contributed by atoms with E-state index in [0.717, 1.165) is 5.33 Å². The van der Waals surface area contributed by atoms with Gasteiger partial charge in [-0.1, -0.05) is 59.5 Å². The van der Waals surface area contributed by atoms with Gasteiger partial charge in [-0.3, -0.25) is 4.79 Å². The molecule has 0 bridgehead atoms. The monoisotopic (exact) mass is 323 g/mol. The summed E-state index contributed by atoms with van der Waals surface area (Å²) in [6.45, 7) is 0.645. The van der Waals surface area contributed by atoms with Crippen LogP contribution in [0.5, 0.6) is 0 Å². The van der Waals surface area contributed by atoms with Crippen molar-refractivity contribution in [2.45, 2.75) is 50.4 Å². The van der Waals surface area contributed by atoms with E-state index in [1.54, 1.807) is 0 Å². The molecule has 2 nitrogen and oxygen atoms in total. The lowest BCUT2D eigenvalue weighted by Crippen LogP contribution is -2.25. The van der Waals surface area contributed by atoms with Crippen molar-refractivity contribution in [2.24, 2.45) is 5.92 Å². The van der Waals surface area contributed by atoms with Crippen molar-refractivity contribution >= 4 is 21.8 Å². The van der Waals surface area contributed by atoms with E-state index in [2.05, 4.69) is 39.4 Å². The molecule has 1 N–H and O–H groups in total. The summed E-state index contributed by atoms with van der Waals surface area (Å²) in [5.74, 6) is 0.818. The summed E-state index contributed by atoms with van der Waals surface area (Å²) in [7, 11) is 0. The number of alkyl halides is 1. The summed E-state index contributed by atoms with van der Waals surface area (Å²) in [6.07, 6.45) is 7.10. The van der Waals surface area contributed by atoms with Gasteiger partial charge in [0.1, 0.15) is 0 Å². The van der Waals surface area contributed by atoms with Gasteiger partial charge in [0.2, 0.25) is 5.91 Å². The van der Waals surface area contributed by atoms with Gasteiger partial charge < -0.3 is 5.32 Å². The van der Waals surface area contributed by atoms with E-state index in [1.165, 1.54) is 43.2 Å². The molecule has 1 aromatic carbocycles. The van der Waals surface area contributed by atoms with Crippen molar-refractivity contribution in [1.29, 1.82) is 0 Å². The van der Waals surface area contributed by atoms with Gasteiger partial charge in [-0.15, -0.1) is 0 Å². The first-order chi connectivity index (χ1) is 9.28. The van der Waals surface area contributed by atoms with Gasteiger partial charge in [0.25, 0.3) is 0 Å². The molecule has 1 aliphatic rings. The Balaban J connectivity index is 1.76. The predicted octanol–water partition coefficient (Wildman–Crippen LogP) is 4.17. The van der Waals surface area contributed by atoms with Crippen molar-refractivity contribution in [3.8, 4) is 0 Å². The number of amides is 1. The predicted molar refractivity (Wildman–Crippen MR) is 82.1 cm³/mol. The quantitative estimate of drug-likeness (QED) is 0.809. The maximum absolute atomic E-state index is 11.9. The van der Waals surface area contributed by atoms with Crippen molar-refractivity contribution < 1.29 is 4.79 Å². The molecule has 1 saturated carbocycles. The number of nitrogens with one attached hydrogen (secondary N) is 1. The van der Waals surface area contributed by atoms with E-state index in [9.17, 15) is 4.79 Å². The molecule has 0 radical (unpaired) electrons. The van der Waals surface area contributed by atoms with Crippen molar-refractivity contribution in [2.75, 3.05) is 0 Å². The molecule has 0 saturated heterocycles. The fourth-order valence-electron chi connectivity index (χ4n) is 2.75. The van der Waals surface area contributed by atoms with Gasteiger partial charge in [-0.2, -0.15) is 0 Å². The smallest absolute Gasteiger partial charge is 0.220 e. The number of hydrogen-bond donors (Lipinski definition) is 1. The third-order valence-corrected chi connectivity index (χ3v) is 4.48. The summed E-state index contributed by atoms with van der Waals surface area (Å²) in [4.78, 5) is 11.9. The number of carbonyl (C=O) groups excluding carboxylic acids is 1. The zero-order valence-electron chi connectivity index (χ0n) is 11.3. The number of rotatable bonds is 5. The summed E-state index contributed by atoms with van der Waals surface area (Å²) in [6, 6.07) is 8.32. The molecule has 1 amide bonds. The molecule has 1 aromatic rings. The molecule has 0 aromatic heterocycles. The highest BCUT2D eigenvalue weighted by molar-refractivity contribution is 9.08. The lowest BCUT2D eigenvalue weighted by atomic mass is 9.87. The minimum atomic E-state index is 0.205. The topological polar surface area (TPSA) is 29.1 Å². The van der Waals surface area contributed by atoms with Crippen LogP contribution in [0.25, 0.3) is 0 Å². The van der Waals surface area contributed by atoms with E-state index in [4.69, 9.17) is 0 Å². The number of carbonyl (C=O) groups is 1. The van der Waals surface area contributed by atoms with Gasteiger partial charge in [0, 0.05) is 18.3 Å². The number of benzene rings is 1. The van der Waals surface area contributed by atoms with Crippen molar-refractivity contribution in [1.82, 2.24) is 5.32 Å². The van der Waals surface area contributed by atoms with E-state index < -0.39 is 0 Å². The first-order valence-corrected chi connectivity index (χ1v) is 8.30. The van der Waals surface area contributed by atoms with Gasteiger partial charge in [-0.05, 0) is 29.9 Å². The minimum Gasteiger partial charge on any atom is -0.352 e. The van der Waals surface area contributed by atoms with Crippen LogP contribution < -0.4 is 5.32 Å². The molecule has 1 fully saturated rings. The van der Waals surface area contributed by atoms with E-state index in [0.29, 0.717) is 18.9 Å². The van der Waals surface area contributed by atoms with Crippen LogP contribution >= 0.6 is 15.9 Å². The van der Waals surface area contributed by atoms with Crippen LogP contribution in [0, 0.1) is 5.92 Å². The van der Waals surface area contributed by atoms with Crippen LogP contribution in [-0.2, 0) is 16.7 Å². The van der Waals surface area contributed by atoms with Gasteiger partial charge in [-0.25, -0.2) is 0 Å². The molecular formula is C16H22BrNO. The Hall–Kier alpha value is -0.830. The van der Waals surface area contributed by atoms with E-state index in [1.807, 2.05) is 6.07 Å². The fourth-order valence-corrected chi connectivity index (χ4v) is 3.10. The van der Waals surface area contributed by atoms with Crippen LogP contribution in [0.2, 0.25) is 0 Å². The highest BCUT2D eigenvalue weighted by Gasteiger charge is 2.16. The van der Waals surface area contributed by atoms with Crippen LogP contribution in [0.3, 0.4) is 0 Å². The Labute approximate surface area is 124 Å². The average molecular weight is 324 g/mol. The Morgan fingerprint density at radius 3 is 2.68 bits per heavy atom. The SMILES string of the molecule is O=C(CC1CCCCC1)NCc1cccc(CBr)c1. The molecule has 0 heterocycles. The molecule has 3 heteroatoms. The standard InChI is InChI=1S/C16H22BrNO/c17-11-14-7-4-8-15(9-14)12-18-16(19)10-13-5-2-1-3-6-13/h4,7-9,13H,1-3,5-6,10-12H2,(H,18,19). The highest BCUT2D eigenvalue weighted by Crippen LogP contribution is 2.26. The second-order valence-corrected chi connectivity index (χ2v) is 6.00. The zero-order valence-corrected chi connectivity index (χ0v) is 12.9.